The second kappa shape index (κ2) is 5.97. The number of hydrogen-bond acceptors (Lipinski definition) is 5. The highest BCUT2D eigenvalue weighted by Gasteiger charge is 2.27. The summed E-state index contributed by atoms with van der Waals surface area (Å²) >= 11 is 1.72. The maximum Gasteiger partial charge on any atom is 0.205 e. The van der Waals surface area contributed by atoms with Gasteiger partial charge in [0.1, 0.15) is 5.01 Å². The first-order chi connectivity index (χ1) is 8.58. The molecule has 1 aromatic rings. The van der Waals surface area contributed by atoms with E-state index in [1.807, 2.05) is 0 Å². The molecule has 1 aliphatic carbocycles. The second-order valence-corrected chi connectivity index (χ2v) is 6.58. The normalized spacial score (nSPS) is 15.9. The Kier molecular flexibility index (Phi) is 4.56. The summed E-state index contributed by atoms with van der Waals surface area (Å²) in [6.07, 6.45) is 2.59. The lowest BCUT2D eigenvalue weighted by Crippen LogP contribution is -2.40. The van der Waals surface area contributed by atoms with Crippen molar-refractivity contribution in [2.45, 2.75) is 58.5 Å². The molecule has 4 nitrogen and oxygen atoms in total. The maximum atomic E-state index is 4.24. The van der Waals surface area contributed by atoms with E-state index in [0.29, 0.717) is 18.0 Å². The third kappa shape index (κ3) is 3.65. The summed E-state index contributed by atoms with van der Waals surface area (Å²) in [6.45, 7) is 11.0. The first-order valence-corrected chi connectivity index (χ1v) is 7.72. The quantitative estimate of drug-likeness (QED) is 0.825. The highest BCUT2D eigenvalue weighted by molar-refractivity contribution is 7.15. The van der Waals surface area contributed by atoms with E-state index in [-0.39, 0.29) is 0 Å². The molecule has 1 N–H and O–H groups in total. The molecule has 0 saturated heterocycles. The van der Waals surface area contributed by atoms with Gasteiger partial charge in [-0.15, -0.1) is 10.2 Å². The molecule has 2 rings (SSSR count). The first-order valence-electron chi connectivity index (χ1n) is 6.91. The maximum absolute atomic E-state index is 4.24. The van der Waals surface area contributed by atoms with Gasteiger partial charge in [0.15, 0.2) is 0 Å². The van der Waals surface area contributed by atoms with Crippen molar-refractivity contribution in [2.24, 2.45) is 0 Å². The van der Waals surface area contributed by atoms with Gasteiger partial charge in [-0.2, -0.15) is 0 Å². The summed E-state index contributed by atoms with van der Waals surface area (Å²) in [5, 5.41) is 14.0. The monoisotopic (exact) mass is 268 g/mol. The number of hydrogen-bond donors (Lipinski definition) is 1. The SMILES string of the molecule is CC(C)N(CCNc1nnc(C2CC2)s1)C(C)C. The van der Waals surface area contributed by atoms with Crippen LogP contribution < -0.4 is 5.32 Å². The molecule has 1 fully saturated rings. The molecular formula is C13H24N4S. The van der Waals surface area contributed by atoms with Gasteiger partial charge in [0, 0.05) is 31.1 Å². The smallest absolute Gasteiger partial charge is 0.205 e. The molecule has 18 heavy (non-hydrogen) atoms. The van der Waals surface area contributed by atoms with E-state index >= 15 is 0 Å². The molecule has 0 atom stereocenters. The van der Waals surface area contributed by atoms with Crippen LogP contribution in [0, 0.1) is 0 Å². The van der Waals surface area contributed by atoms with E-state index in [1.54, 1.807) is 11.3 Å². The molecule has 0 unspecified atom stereocenters. The van der Waals surface area contributed by atoms with Crippen LogP contribution in [-0.2, 0) is 0 Å². The summed E-state index contributed by atoms with van der Waals surface area (Å²) in [6, 6.07) is 1.17. The highest BCUT2D eigenvalue weighted by Crippen LogP contribution is 2.41. The van der Waals surface area contributed by atoms with Crippen LogP contribution in [0.15, 0.2) is 0 Å². The van der Waals surface area contributed by atoms with Gasteiger partial charge in [-0.05, 0) is 40.5 Å². The lowest BCUT2D eigenvalue weighted by Gasteiger charge is -2.30. The molecular weight excluding hydrogens is 244 g/mol. The van der Waals surface area contributed by atoms with Gasteiger partial charge in [-0.25, -0.2) is 0 Å². The van der Waals surface area contributed by atoms with Crippen molar-refractivity contribution >= 4 is 16.5 Å². The fourth-order valence-electron chi connectivity index (χ4n) is 2.21. The second-order valence-electron chi connectivity index (χ2n) is 5.57. The zero-order valence-corrected chi connectivity index (χ0v) is 12.6. The van der Waals surface area contributed by atoms with Crippen LogP contribution in [-0.4, -0.2) is 40.3 Å². The highest BCUT2D eigenvalue weighted by atomic mass is 32.1. The average Bonchev–Trinajstić information content (AvgIpc) is 3.04. The van der Waals surface area contributed by atoms with E-state index in [1.165, 1.54) is 17.8 Å². The molecule has 0 aromatic carbocycles. The average molecular weight is 268 g/mol. The minimum Gasteiger partial charge on any atom is -0.359 e. The van der Waals surface area contributed by atoms with Crippen molar-refractivity contribution < 1.29 is 0 Å². The third-order valence-electron chi connectivity index (χ3n) is 3.34. The van der Waals surface area contributed by atoms with Gasteiger partial charge < -0.3 is 5.32 Å². The molecule has 0 radical (unpaired) electrons. The Morgan fingerprint density at radius 1 is 1.22 bits per heavy atom. The van der Waals surface area contributed by atoms with Crippen LogP contribution in [0.1, 0.15) is 51.5 Å². The lowest BCUT2D eigenvalue weighted by molar-refractivity contribution is 0.182. The molecule has 1 heterocycles. The van der Waals surface area contributed by atoms with Crippen molar-refractivity contribution in [3.63, 3.8) is 0 Å². The van der Waals surface area contributed by atoms with Crippen LogP contribution in [0.3, 0.4) is 0 Å². The number of anilines is 1. The predicted octanol–water partition coefficient (Wildman–Crippen LogP) is 2.95. The van der Waals surface area contributed by atoms with Crippen LogP contribution >= 0.6 is 11.3 Å². The van der Waals surface area contributed by atoms with Gasteiger partial charge >= 0.3 is 0 Å². The van der Waals surface area contributed by atoms with Gasteiger partial charge in [-0.1, -0.05) is 11.3 Å². The minimum absolute atomic E-state index is 0.586. The molecule has 1 aromatic heterocycles. The topological polar surface area (TPSA) is 41.0 Å². The van der Waals surface area contributed by atoms with Crippen LogP contribution in [0.2, 0.25) is 0 Å². The Morgan fingerprint density at radius 2 is 1.89 bits per heavy atom. The molecule has 0 aliphatic heterocycles. The number of nitrogens with zero attached hydrogens (tertiary/aromatic N) is 3. The number of rotatable bonds is 7. The summed E-state index contributed by atoms with van der Waals surface area (Å²) in [7, 11) is 0. The fraction of sp³-hybridized carbons (Fsp3) is 0.846. The molecule has 102 valence electrons. The Bertz CT molecular complexity index is 363. The molecule has 1 aliphatic rings. The van der Waals surface area contributed by atoms with E-state index in [0.717, 1.165) is 18.2 Å². The standard InChI is InChI=1S/C13H24N4S/c1-9(2)17(10(3)4)8-7-14-13-16-15-12(18-13)11-5-6-11/h9-11H,5-8H2,1-4H3,(H,14,16). The molecule has 5 heteroatoms. The van der Waals surface area contributed by atoms with E-state index in [2.05, 4.69) is 48.1 Å². The summed E-state index contributed by atoms with van der Waals surface area (Å²) < 4.78 is 0. The zero-order chi connectivity index (χ0) is 13.1. The van der Waals surface area contributed by atoms with Gasteiger partial charge in [-0.3, -0.25) is 4.90 Å². The van der Waals surface area contributed by atoms with Crippen LogP contribution in [0.25, 0.3) is 0 Å². The molecule has 0 spiro atoms. The molecule has 0 amide bonds. The summed E-state index contributed by atoms with van der Waals surface area (Å²) in [5.74, 6) is 0.709. The van der Waals surface area contributed by atoms with Crippen LogP contribution in [0.4, 0.5) is 5.13 Å². The van der Waals surface area contributed by atoms with Crippen molar-refractivity contribution in [2.75, 3.05) is 18.4 Å². The Hall–Kier alpha value is -0.680. The van der Waals surface area contributed by atoms with Crippen molar-refractivity contribution in [3.8, 4) is 0 Å². The molecule has 0 bridgehead atoms. The summed E-state index contributed by atoms with van der Waals surface area (Å²) in [4.78, 5) is 2.48. The predicted molar refractivity (Wildman–Crippen MR) is 77.4 cm³/mol. The zero-order valence-electron chi connectivity index (χ0n) is 11.8. The largest absolute Gasteiger partial charge is 0.359 e. The molecule has 1 saturated carbocycles. The Morgan fingerprint density at radius 3 is 2.44 bits per heavy atom. The minimum atomic E-state index is 0.586. The first kappa shape index (κ1) is 13.7. The van der Waals surface area contributed by atoms with Crippen molar-refractivity contribution in [1.82, 2.24) is 15.1 Å². The van der Waals surface area contributed by atoms with Crippen molar-refractivity contribution in [1.29, 1.82) is 0 Å². The van der Waals surface area contributed by atoms with Gasteiger partial charge in [0.05, 0.1) is 0 Å². The fourth-order valence-corrected chi connectivity index (χ4v) is 3.14. The van der Waals surface area contributed by atoms with E-state index in [4.69, 9.17) is 0 Å². The van der Waals surface area contributed by atoms with E-state index in [9.17, 15) is 0 Å². The van der Waals surface area contributed by atoms with Crippen LogP contribution in [0.5, 0.6) is 0 Å². The van der Waals surface area contributed by atoms with E-state index < -0.39 is 0 Å². The number of nitrogens with one attached hydrogen (secondary N) is 1. The Labute approximate surface area is 114 Å². The third-order valence-corrected chi connectivity index (χ3v) is 4.38. The lowest BCUT2D eigenvalue weighted by atomic mass is 10.2. The summed E-state index contributed by atoms with van der Waals surface area (Å²) in [5.41, 5.74) is 0. The van der Waals surface area contributed by atoms with Gasteiger partial charge in [0.2, 0.25) is 5.13 Å². The Balaban J connectivity index is 1.76. The van der Waals surface area contributed by atoms with Gasteiger partial charge in [0.25, 0.3) is 0 Å². The number of aromatic nitrogens is 2. The van der Waals surface area contributed by atoms with Crippen molar-refractivity contribution in [3.05, 3.63) is 5.01 Å².